The summed E-state index contributed by atoms with van der Waals surface area (Å²) in [4.78, 5) is 37.5. The van der Waals surface area contributed by atoms with E-state index in [1.54, 1.807) is 19.1 Å². The SMILES string of the molecule is CCOC(=O)c1cn(-c2ccc(CCCO)cc2)c(=O)[nH]c1=O. The number of hydrogen-bond acceptors (Lipinski definition) is 5. The number of aryl methyl sites for hydroxylation is 1. The molecule has 122 valence electrons. The second-order valence-corrected chi connectivity index (χ2v) is 4.89. The summed E-state index contributed by atoms with van der Waals surface area (Å²) in [5.74, 6) is -0.776. The number of aliphatic hydroxyl groups is 1. The van der Waals surface area contributed by atoms with E-state index in [0.29, 0.717) is 12.1 Å². The van der Waals surface area contributed by atoms with Gasteiger partial charge in [-0.1, -0.05) is 12.1 Å². The summed E-state index contributed by atoms with van der Waals surface area (Å²) >= 11 is 0. The Morgan fingerprint density at radius 2 is 1.96 bits per heavy atom. The number of carbonyl (C=O) groups is 1. The highest BCUT2D eigenvalue weighted by Crippen LogP contribution is 2.09. The van der Waals surface area contributed by atoms with Gasteiger partial charge >= 0.3 is 11.7 Å². The number of nitrogens with one attached hydrogen (secondary N) is 1. The third kappa shape index (κ3) is 3.95. The molecule has 1 heterocycles. The van der Waals surface area contributed by atoms with Gasteiger partial charge in [-0.25, -0.2) is 9.59 Å². The molecular weight excluding hydrogens is 300 g/mol. The Hall–Kier alpha value is -2.67. The molecule has 23 heavy (non-hydrogen) atoms. The van der Waals surface area contributed by atoms with Crippen LogP contribution in [0.25, 0.3) is 5.69 Å². The first-order chi connectivity index (χ1) is 11.1. The van der Waals surface area contributed by atoms with Crippen LogP contribution in [0.4, 0.5) is 0 Å². The lowest BCUT2D eigenvalue weighted by molar-refractivity contribution is 0.0523. The number of aliphatic hydroxyl groups excluding tert-OH is 1. The summed E-state index contributed by atoms with van der Waals surface area (Å²) in [6.45, 7) is 1.88. The number of aromatic nitrogens is 2. The molecule has 0 spiro atoms. The lowest BCUT2D eigenvalue weighted by Crippen LogP contribution is -2.33. The van der Waals surface area contributed by atoms with Gasteiger partial charge in [-0.2, -0.15) is 0 Å². The van der Waals surface area contributed by atoms with Crippen molar-refractivity contribution in [2.75, 3.05) is 13.2 Å². The molecular formula is C16H18N2O5. The Bertz CT molecular complexity index is 789. The van der Waals surface area contributed by atoms with Gasteiger partial charge in [-0.05, 0) is 37.5 Å². The van der Waals surface area contributed by atoms with E-state index < -0.39 is 17.2 Å². The first-order valence-corrected chi connectivity index (χ1v) is 7.30. The van der Waals surface area contributed by atoms with Crippen LogP contribution in [-0.4, -0.2) is 33.8 Å². The Labute approximate surface area is 132 Å². The first-order valence-electron chi connectivity index (χ1n) is 7.30. The van der Waals surface area contributed by atoms with Crippen LogP contribution in [0.1, 0.15) is 29.3 Å². The lowest BCUT2D eigenvalue weighted by atomic mass is 10.1. The summed E-state index contributed by atoms with van der Waals surface area (Å²) in [6, 6.07) is 7.07. The fourth-order valence-electron chi connectivity index (χ4n) is 2.12. The van der Waals surface area contributed by atoms with E-state index in [2.05, 4.69) is 4.98 Å². The third-order valence-corrected chi connectivity index (χ3v) is 3.28. The van der Waals surface area contributed by atoms with Crippen LogP contribution in [0.2, 0.25) is 0 Å². The maximum atomic E-state index is 12.0. The number of rotatable bonds is 6. The van der Waals surface area contributed by atoms with E-state index in [1.807, 2.05) is 12.1 Å². The number of benzene rings is 1. The molecule has 0 atom stereocenters. The molecule has 7 nitrogen and oxygen atoms in total. The average molecular weight is 318 g/mol. The van der Waals surface area contributed by atoms with Crippen molar-refractivity contribution < 1.29 is 14.6 Å². The number of aromatic amines is 1. The van der Waals surface area contributed by atoms with Crippen molar-refractivity contribution in [3.8, 4) is 5.69 Å². The van der Waals surface area contributed by atoms with Crippen molar-refractivity contribution in [1.29, 1.82) is 0 Å². The molecule has 0 unspecified atom stereocenters. The molecule has 2 aromatic rings. The number of H-pyrrole nitrogens is 1. The highest BCUT2D eigenvalue weighted by Gasteiger charge is 2.14. The zero-order valence-electron chi connectivity index (χ0n) is 12.7. The van der Waals surface area contributed by atoms with Crippen molar-refractivity contribution in [1.82, 2.24) is 9.55 Å². The van der Waals surface area contributed by atoms with Crippen molar-refractivity contribution in [3.63, 3.8) is 0 Å². The van der Waals surface area contributed by atoms with Crippen LogP contribution in [0.5, 0.6) is 0 Å². The molecule has 0 saturated heterocycles. The van der Waals surface area contributed by atoms with Crippen LogP contribution >= 0.6 is 0 Å². The summed E-state index contributed by atoms with van der Waals surface area (Å²) in [7, 11) is 0. The summed E-state index contributed by atoms with van der Waals surface area (Å²) in [5, 5.41) is 8.83. The highest BCUT2D eigenvalue weighted by molar-refractivity contribution is 5.88. The fourth-order valence-corrected chi connectivity index (χ4v) is 2.12. The monoisotopic (exact) mass is 318 g/mol. The van der Waals surface area contributed by atoms with E-state index in [9.17, 15) is 14.4 Å². The number of carbonyl (C=O) groups excluding carboxylic acids is 1. The van der Waals surface area contributed by atoms with E-state index in [4.69, 9.17) is 9.84 Å². The number of nitrogens with zero attached hydrogens (tertiary/aromatic N) is 1. The largest absolute Gasteiger partial charge is 0.462 e. The van der Waals surface area contributed by atoms with E-state index in [-0.39, 0.29) is 18.8 Å². The number of esters is 1. The molecule has 0 bridgehead atoms. The summed E-state index contributed by atoms with van der Waals surface area (Å²) in [6.07, 6.45) is 2.57. The van der Waals surface area contributed by atoms with Crippen molar-refractivity contribution in [3.05, 3.63) is 62.4 Å². The topological polar surface area (TPSA) is 101 Å². The van der Waals surface area contributed by atoms with Gasteiger partial charge < -0.3 is 9.84 Å². The van der Waals surface area contributed by atoms with Crippen molar-refractivity contribution in [2.24, 2.45) is 0 Å². The fraction of sp³-hybridized carbons (Fsp3) is 0.312. The second-order valence-electron chi connectivity index (χ2n) is 4.89. The van der Waals surface area contributed by atoms with Gasteiger partial charge in [0.1, 0.15) is 5.56 Å². The van der Waals surface area contributed by atoms with Gasteiger partial charge in [0.05, 0.1) is 12.3 Å². The minimum Gasteiger partial charge on any atom is -0.462 e. The van der Waals surface area contributed by atoms with Crippen LogP contribution in [0.15, 0.2) is 40.1 Å². The molecule has 0 aliphatic heterocycles. The molecule has 0 radical (unpaired) electrons. The Balaban J connectivity index is 2.39. The predicted octanol–water partition coefficient (Wildman–Crippen LogP) is 0.627. The van der Waals surface area contributed by atoms with Gasteiger partial charge in [0, 0.05) is 12.8 Å². The van der Waals surface area contributed by atoms with Crippen LogP contribution < -0.4 is 11.2 Å². The minimum atomic E-state index is -0.776. The highest BCUT2D eigenvalue weighted by atomic mass is 16.5. The molecule has 2 rings (SSSR count). The number of ether oxygens (including phenoxy) is 1. The van der Waals surface area contributed by atoms with E-state index >= 15 is 0 Å². The quantitative estimate of drug-likeness (QED) is 0.761. The maximum absolute atomic E-state index is 12.0. The first kappa shape index (κ1) is 16.7. The van der Waals surface area contributed by atoms with Crippen LogP contribution in [0, 0.1) is 0 Å². The van der Waals surface area contributed by atoms with Gasteiger partial charge in [0.2, 0.25) is 0 Å². The van der Waals surface area contributed by atoms with Gasteiger partial charge in [0.25, 0.3) is 5.56 Å². The minimum absolute atomic E-state index is 0.115. The summed E-state index contributed by atoms with van der Waals surface area (Å²) < 4.78 is 5.99. The van der Waals surface area contributed by atoms with Crippen molar-refractivity contribution >= 4 is 5.97 Å². The van der Waals surface area contributed by atoms with Crippen molar-refractivity contribution in [2.45, 2.75) is 19.8 Å². The third-order valence-electron chi connectivity index (χ3n) is 3.28. The van der Waals surface area contributed by atoms with Gasteiger partial charge in [0.15, 0.2) is 0 Å². The average Bonchev–Trinajstić information content (AvgIpc) is 2.54. The molecule has 0 fully saturated rings. The number of hydrogen-bond donors (Lipinski definition) is 2. The molecule has 1 aromatic heterocycles. The molecule has 0 saturated carbocycles. The molecule has 0 aliphatic carbocycles. The van der Waals surface area contributed by atoms with Crippen LogP contribution in [-0.2, 0) is 11.2 Å². The zero-order valence-corrected chi connectivity index (χ0v) is 12.7. The molecule has 0 amide bonds. The maximum Gasteiger partial charge on any atom is 0.345 e. The predicted molar refractivity (Wildman–Crippen MR) is 84.0 cm³/mol. The van der Waals surface area contributed by atoms with Gasteiger partial charge in [-0.15, -0.1) is 0 Å². The lowest BCUT2D eigenvalue weighted by Gasteiger charge is -2.08. The molecule has 7 heteroatoms. The smallest absolute Gasteiger partial charge is 0.345 e. The van der Waals surface area contributed by atoms with E-state index in [1.165, 1.54) is 10.8 Å². The zero-order chi connectivity index (χ0) is 16.8. The Kier molecular flexibility index (Phi) is 5.48. The Morgan fingerprint density at radius 1 is 1.26 bits per heavy atom. The van der Waals surface area contributed by atoms with E-state index in [0.717, 1.165) is 12.0 Å². The second kappa shape index (κ2) is 7.55. The molecule has 2 N–H and O–H groups in total. The Morgan fingerprint density at radius 3 is 2.57 bits per heavy atom. The van der Waals surface area contributed by atoms with Crippen LogP contribution in [0.3, 0.4) is 0 Å². The molecule has 1 aromatic carbocycles. The summed E-state index contributed by atoms with van der Waals surface area (Å²) in [5.41, 5.74) is -0.0957. The normalized spacial score (nSPS) is 10.5. The van der Waals surface area contributed by atoms with Gasteiger partial charge in [-0.3, -0.25) is 14.3 Å². The standard InChI is InChI=1S/C16H18N2O5/c1-2-23-15(21)13-10-18(16(22)17-14(13)20)12-7-5-11(6-8-12)4-3-9-19/h5-8,10,19H,2-4,9H2,1H3,(H,17,20,22). The molecule has 0 aliphatic rings.